The number of ether oxygens (including phenoxy) is 1. The van der Waals surface area contributed by atoms with Gasteiger partial charge in [-0.3, -0.25) is 9.59 Å². The van der Waals surface area contributed by atoms with E-state index in [-0.39, 0.29) is 16.9 Å². The van der Waals surface area contributed by atoms with Crippen molar-refractivity contribution in [3.8, 4) is 5.75 Å². The minimum absolute atomic E-state index is 0.0331. The molecule has 1 heterocycles. The Kier molecular flexibility index (Phi) is 6.22. The molecule has 2 aromatic rings. The minimum atomic E-state index is -0.813. The Labute approximate surface area is 175 Å². The van der Waals surface area contributed by atoms with Crippen LogP contribution in [0.1, 0.15) is 22.7 Å². The summed E-state index contributed by atoms with van der Waals surface area (Å²) in [4.78, 5) is 29.2. The number of para-hydroxylation sites is 1. The molecule has 1 atom stereocenters. The predicted octanol–water partition coefficient (Wildman–Crippen LogP) is 3.13. The molecule has 0 radical (unpaired) electrons. The zero-order valence-corrected chi connectivity index (χ0v) is 17.5. The van der Waals surface area contributed by atoms with Crippen LogP contribution in [0.3, 0.4) is 0 Å². The van der Waals surface area contributed by atoms with Gasteiger partial charge in [0.05, 0.1) is 18.7 Å². The number of ketones is 1. The number of likely N-dealkylation sites (N-methyl/N-ethyl adjacent to an activating group) is 1. The van der Waals surface area contributed by atoms with Gasteiger partial charge in [-0.2, -0.15) is 0 Å². The average Bonchev–Trinajstić information content (AvgIpc) is 2.98. The summed E-state index contributed by atoms with van der Waals surface area (Å²) in [5.41, 5.74) is 1.17. The summed E-state index contributed by atoms with van der Waals surface area (Å²) < 4.78 is 19.2. The zero-order valence-electron chi connectivity index (χ0n) is 17.5. The highest BCUT2D eigenvalue weighted by atomic mass is 19.1. The van der Waals surface area contributed by atoms with E-state index in [2.05, 4.69) is 0 Å². The molecule has 2 aromatic carbocycles. The molecule has 158 valence electrons. The quantitative estimate of drug-likeness (QED) is 0.449. The molecule has 1 amide bonds. The first kappa shape index (κ1) is 21.5. The van der Waals surface area contributed by atoms with Crippen molar-refractivity contribution in [2.75, 3.05) is 34.3 Å². The van der Waals surface area contributed by atoms with Gasteiger partial charge in [0.15, 0.2) is 0 Å². The van der Waals surface area contributed by atoms with Gasteiger partial charge in [-0.25, -0.2) is 4.39 Å². The number of methoxy groups -OCH3 is 1. The van der Waals surface area contributed by atoms with Gasteiger partial charge in [0.2, 0.25) is 0 Å². The summed E-state index contributed by atoms with van der Waals surface area (Å²) in [5.74, 6) is -1.71. The number of aryl methyl sites for hydroxylation is 1. The van der Waals surface area contributed by atoms with E-state index in [9.17, 15) is 19.1 Å². The van der Waals surface area contributed by atoms with Crippen LogP contribution in [0.5, 0.6) is 5.75 Å². The Morgan fingerprint density at radius 3 is 2.53 bits per heavy atom. The van der Waals surface area contributed by atoms with E-state index in [1.807, 2.05) is 19.0 Å². The number of carbonyl (C=O) groups excluding carboxylic acids is 2. The third-order valence-corrected chi connectivity index (χ3v) is 5.19. The fourth-order valence-corrected chi connectivity index (χ4v) is 3.58. The smallest absolute Gasteiger partial charge is 0.295 e. The van der Waals surface area contributed by atoms with Crippen molar-refractivity contribution in [2.24, 2.45) is 0 Å². The maximum atomic E-state index is 13.7. The molecule has 1 fully saturated rings. The van der Waals surface area contributed by atoms with Crippen molar-refractivity contribution in [3.05, 3.63) is 70.5 Å². The number of likely N-dealkylation sites (tertiary alicyclic amines) is 1. The number of nitrogens with zero attached hydrogens (tertiary/aromatic N) is 2. The third kappa shape index (κ3) is 3.93. The monoisotopic (exact) mass is 412 g/mol. The Morgan fingerprint density at radius 1 is 1.20 bits per heavy atom. The van der Waals surface area contributed by atoms with E-state index in [4.69, 9.17) is 4.74 Å². The number of aliphatic hydroxyl groups is 1. The van der Waals surface area contributed by atoms with Crippen molar-refractivity contribution < 1.29 is 23.8 Å². The summed E-state index contributed by atoms with van der Waals surface area (Å²) >= 11 is 0. The average molecular weight is 412 g/mol. The molecular formula is C23H25FN2O4. The van der Waals surface area contributed by atoms with Crippen LogP contribution in [0.2, 0.25) is 0 Å². The fourth-order valence-electron chi connectivity index (χ4n) is 3.58. The molecule has 0 aromatic heterocycles. The van der Waals surface area contributed by atoms with Crippen LogP contribution >= 0.6 is 0 Å². The lowest BCUT2D eigenvalue weighted by Gasteiger charge is -2.27. The van der Waals surface area contributed by atoms with Gasteiger partial charge in [0, 0.05) is 24.2 Å². The second-order valence-electron chi connectivity index (χ2n) is 7.50. The fraction of sp³-hybridized carbons (Fsp3) is 0.304. The number of Topliss-reactive ketones (excluding diaryl/α,β-unsaturated/α-hetero) is 1. The molecule has 3 rings (SSSR count). The lowest BCUT2D eigenvalue weighted by Crippen LogP contribution is -2.35. The molecule has 1 aliphatic rings. The van der Waals surface area contributed by atoms with Gasteiger partial charge in [0.1, 0.15) is 17.3 Å². The minimum Gasteiger partial charge on any atom is -0.507 e. The van der Waals surface area contributed by atoms with E-state index in [1.165, 1.54) is 30.2 Å². The molecule has 30 heavy (non-hydrogen) atoms. The maximum Gasteiger partial charge on any atom is 0.295 e. The van der Waals surface area contributed by atoms with Gasteiger partial charge >= 0.3 is 0 Å². The summed E-state index contributed by atoms with van der Waals surface area (Å²) in [6.07, 6.45) is 0. The molecule has 0 bridgehead atoms. The Balaban J connectivity index is 2.21. The first-order valence-corrected chi connectivity index (χ1v) is 9.58. The maximum absolute atomic E-state index is 13.7. The van der Waals surface area contributed by atoms with Crippen molar-refractivity contribution in [1.29, 1.82) is 0 Å². The normalized spacial score (nSPS) is 18.3. The van der Waals surface area contributed by atoms with E-state index >= 15 is 0 Å². The number of benzene rings is 2. The highest BCUT2D eigenvalue weighted by Crippen LogP contribution is 2.42. The largest absolute Gasteiger partial charge is 0.507 e. The number of halogens is 1. The zero-order chi connectivity index (χ0) is 22.0. The molecule has 6 nitrogen and oxygen atoms in total. The number of amides is 1. The third-order valence-electron chi connectivity index (χ3n) is 5.19. The van der Waals surface area contributed by atoms with Crippen LogP contribution in [0.15, 0.2) is 48.0 Å². The summed E-state index contributed by atoms with van der Waals surface area (Å²) in [7, 11) is 5.25. The number of carbonyl (C=O) groups is 2. The number of hydrogen-bond donors (Lipinski definition) is 1. The molecule has 1 saturated heterocycles. The first-order chi connectivity index (χ1) is 14.3. The molecule has 7 heteroatoms. The lowest BCUT2D eigenvalue weighted by atomic mass is 9.94. The van der Waals surface area contributed by atoms with Crippen LogP contribution in [-0.4, -0.2) is 60.9 Å². The van der Waals surface area contributed by atoms with Crippen molar-refractivity contribution in [2.45, 2.75) is 13.0 Å². The van der Waals surface area contributed by atoms with Gasteiger partial charge < -0.3 is 19.6 Å². The molecule has 1 N–H and O–H groups in total. The SMILES string of the molecule is COc1ccccc1C1/C(=C(\O)c2ccc(F)c(C)c2)C(=O)C(=O)N1CCN(C)C. The van der Waals surface area contributed by atoms with Crippen molar-refractivity contribution in [3.63, 3.8) is 0 Å². The van der Waals surface area contributed by atoms with Gasteiger partial charge in [-0.1, -0.05) is 18.2 Å². The van der Waals surface area contributed by atoms with E-state index < -0.39 is 23.5 Å². The lowest BCUT2D eigenvalue weighted by molar-refractivity contribution is -0.140. The first-order valence-electron chi connectivity index (χ1n) is 9.58. The Hall–Kier alpha value is -3.19. The summed E-state index contributed by atoms with van der Waals surface area (Å²) in [5, 5.41) is 11.0. The standard InChI is InChI=1S/C23H25FN2O4/c1-14-13-15(9-10-17(14)24)21(27)19-20(16-7-5-6-8-18(16)30-4)26(12-11-25(2)3)23(29)22(19)28/h5-10,13,20,27H,11-12H2,1-4H3/b21-19+. The number of hydrogen-bond acceptors (Lipinski definition) is 5. The molecule has 1 unspecified atom stereocenters. The molecule has 0 aliphatic carbocycles. The predicted molar refractivity (Wildman–Crippen MR) is 112 cm³/mol. The second-order valence-corrected chi connectivity index (χ2v) is 7.50. The molecule has 0 saturated carbocycles. The van der Waals surface area contributed by atoms with E-state index in [0.29, 0.717) is 30.0 Å². The Morgan fingerprint density at radius 2 is 1.90 bits per heavy atom. The van der Waals surface area contributed by atoms with Crippen LogP contribution in [0.4, 0.5) is 4.39 Å². The van der Waals surface area contributed by atoms with Gasteiger partial charge in [-0.05, 0) is 50.8 Å². The van der Waals surface area contributed by atoms with Crippen molar-refractivity contribution in [1.82, 2.24) is 9.80 Å². The number of rotatable bonds is 6. The van der Waals surface area contributed by atoms with Crippen molar-refractivity contribution >= 4 is 17.4 Å². The molecule has 0 spiro atoms. The van der Waals surface area contributed by atoms with Gasteiger partial charge in [0.25, 0.3) is 11.7 Å². The topological polar surface area (TPSA) is 70.1 Å². The van der Waals surface area contributed by atoms with Crippen LogP contribution in [0.25, 0.3) is 5.76 Å². The number of aliphatic hydroxyl groups excluding tert-OH is 1. The second kappa shape index (κ2) is 8.67. The van der Waals surface area contributed by atoms with E-state index in [0.717, 1.165) is 0 Å². The summed E-state index contributed by atoms with van der Waals surface area (Å²) in [6.45, 7) is 2.40. The molecular weight excluding hydrogens is 387 g/mol. The van der Waals surface area contributed by atoms with Crippen LogP contribution in [-0.2, 0) is 9.59 Å². The Bertz CT molecular complexity index is 1020. The van der Waals surface area contributed by atoms with Crippen LogP contribution < -0.4 is 4.74 Å². The highest BCUT2D eigenvalue weighted by Gasteiger charge is 2.46. The van der Waals surface area contributed by atoms with E-state index in [1.54, 1.807) is 31.2 Å². The van der Waals surface area contributed by atoms with Crippen LogP contribution in [0, 0.1) is 12.7 Å². The highest BCUT2D eigenvalue weighted by molar-refractivity contribution is 6.46. The van der Waals surface area contributed by atoms with Gasteiger partial charge in [-0.15, -0.1) is 0 Å². The summed E-state index contributed by atoms with van der Waals surface area (Å²) in [6, 6.07) is 10.3. The molecule has 1 aliphatic heterocycles.